The van der Waals surface area contributed by atoms with Gasteiger partial charge in [-0.1, -0.05) is 30.3 Å². The third-order valence-electron chi connectivity index (χ3n) is 3.60. The summed E-state index contributed by atoms with van der Waals surface area (Å²) >= 11 is 1.54. The number of hydrogen-bond acceptors (Lipinski definition) is 5. The van der Waals surface area contributed by atoms with Crippen molar-refractivity contribution >= 4 is 17.0 Å². The molecule has 0 aliphatic rings. The molecule has 0 spiro atoms. The monoisotopic (exact) mass is 341 g/mol. The molecular weight excluding hydrogens is 326 g/mol. The van der Waals surface area contributed by atoms with E-state index in [0.717, 1.165) is 23.5 Å². The Morgan fingerprint density at radius 2 is 1.92 bits per heavy atom. The number of pyridine rings is 1. The van der Waals surface area contributed by atoms with Crippen LogP contribution in [0.2, 0.25) is 0 Å². The zero-order valence-electron chi connectivity index (χ0n) is 12.8. The molecule has 2 heterocycles. The quantitative estimate of drug-likeness (QED) is 0.510. The van der Waals surface area contributed by atoms with Crippen LogP contribution in [0.5, 0.6) is 0 Å². The van der Waals surface area contributed by atoms with Crippen molar-refractivity contribution in [1.29, 1.82) is 0 Å². The van der Waals surface area contributed by atoms with Crippen LogP contribution in [0.4, 0.5) is 5.69 Å². The molecule has 0 atom stereocenters. The molecule has 2 aromatic heterocycles. The van der Waals surface area contributed by atoms with E-state index in [9.17, 15) is 14.9 Å². The summed E-state index contributed by atoms with van der Waals surface area (Å²) in [6, 6.07) is 12.9. The molecule has 7 heteroatoms. The minimum Gasteiger partial charge on any atom is -0.304 e. The summed E-state index contributed by atoms with van der Waals surface area (Å²) in [5.74, 6) is 0. The van der Waals surface area contributed by atoms with Crippen LogP contribution in [0.1, 0.15) is 16.3 Å². The van der Waals surface area contributed by atoms with Gasteiger partial charge in [0.1, 0.15) is 0 Å². The van der Waals surface area contributed by atoms with Crippen LogP contribution in [0.25, 0.3) is 0 Å². The first-order valence-electron chi connectivity index (χ1n) is 7.44. The lowest BCUT2D eigenvalue weighted by molar-refractivity contribution is -0.386. The van der Waals surface area contributed by atoms with E-state index in [4.69, 9.17) is 0 Å². The SMILES string of the molecule is O=c1c([N+](=O)[O-])cccn1Cc1csc(CCc2ccccc2)n1. The van der Waals surface area contributed by atoms with Gasteiger partial charge in [-0.05, 0) is 18.1 Å². The Kier molecular flexibility index (Phi) is 4.81. The highest BCUT2D eigenvalue weighted by atomic mass is 32.1. The van der Waals surface area contributed by atoms with Gasteiger partial charge in [0.05, 0.1) is 22.2 Å². The van der Waals surface area contributed by atoms with E-state index in [1.54, 1.807) is 17.5 Å². The van der Waals surface area contributed by atoms with Gasteiger partial charge in [0.15, 0.2) is 0 Å². The van der Waals surface area contributed by atoms with E-state index in [1.807, 2.05) is 23.6 Å². The maximum Gasteiger partial charge on any atom is 0.334 e. The van der Waals surface area contributed by atoms with Crippen molar-refractivity contribution < 1.29 is 4.92 Å². The van der Waals surface area contributed by atoms with Gasteiger partial charge in [0.25, 0.3) is 0 Å². The van der Waals surface area contributed by atoms with E-state index in [1.165, 1.54) is 22.3 Å². The zero-order valence-corrected chi connectivity index (χ0v) is 13.6. The highest BCUT2D eigenvalue weighted by Crippen LogP contribution is 2.14. The van der Waals surface area contributed by atoms with E-state index in [0.29, 0.717) is 0 Å². The van der Waals surface area contributed by atoms with Crippen LogP contribution in [-0.2, 0) is 19.4 Å². The number of hydrogen-bond donors (Lipinski definition) is 0. The molecular formula is C17H15N3O3S. The Labute approximate surface area is 142 Å². The predicted molar refractivity (Wildman–Crippen MR) is 92.4 cm³/mol. The molecule has 0 bridgehead atoms. The Morgan fingerprint density at radius 3 is 2.67 bits per heavy atom. The maximum atomic E-state index is 12.0. The van der Waals surface area contributed by atoms with Crippen molar-refractivity contribution in [2.45, 2.75) is 19.4 Å². The molecule has 3 aromatic rings. The van der Waals surface area contributed by atoms with Crippen molar-refractivity contribution in [2.75, 3.05) is 0 Å². The molecule has 0 unspecified atom stereocenters. The number of benzene rings is 1. The van der Waals surface area contributed by atoms with Crippen molar-refractivity contribution in [2.24, 2.45) is 0 Å². The van der Waals surface area contributed by atoms with Crippen LogP contribution in [0, 0.1) is 10.1 Å². The van der Waals surface area contributed by atoms with E-state index in [-0.39, 0.29) is 6.54 Å². The molecule has 0 aliphatic carbocycles. The highest BCUT2D eigenvalue weighted by Gasteiger charge is 2.14. The lowest BCUT2D eigenvalue weighted by atomic mass is 10.1. The largest absolute Gasteiger partial charge is 0.334 e. The van der Waals surface area contributed by atoms with E-state index >= 15 is 0 Å². The van der Waals surface area contributed by atoms with Crippen LogP contribution >= 0.6 is 11.3 Å². The number of aryl methyl sites for hydroxylation is 2. The minimum absolute atomic E-state index is 0.238. The second-order valence-electron chi connectivity index (χ2n) is 5.30. The number of rotatable bonds is 6. The standard InChI is InChI=1S/C17H15N3O3S/c21-17-15(20(22)23)7-4-10-19(17)11-14-12-24-16(18-14)9-8-13-5-2-1-3-6-13/h1-7,10,12H,8-9,11H2. The Hall–Kier alpha value is -2.80. The summed E-state index contributed by atoms with van der Waals surface area (Å²) in [5.41, 5.74) is 0.966. The second kappa shape index (κ2) is 7.18. The minimum atomic E-state index is -0.662. The number of aromatic nitrogens is 2. The summed E-state index contributed by atoms with van der Waals surface area (Å²) < 4.78 is 1.31. The van der Waals surface area contributed by atoms with Crippen molar-refractivity contribution in [3.63, 3.8) is 0 Å². The molecule has 0 radical (unpaired) electrons. The van der Waals surface area contributed by atoms with E-state index < -0.39 is 16.2 Å². The number of nitro groups is 1. The number of nitrogens with zero attached hydrogens (tertiary/aromatic N) is 3. The van der Waals surface area contributed by atoms with Gasteiger partial charge in [0.2, 0.25) is 0 Å². The Bertz CT molecular complexity index is 903. The Balaban J connectivity index is 1.69. The first-order valence-corrected chi connectivity index (χ1v) is 8.32. The Morgan fingerprint density at radius 1 is 1.12 bits per heavy atom. The van der Waals surface area contributed by atoms with Gasteiger partial charge in [-0.15, -0.1) is 11.3 Å². The smallest absolute Gasteiger partial charge is 0.304 e. The molecule has 0 N–H and O–H groups in total. The third kappa shape index (κ3) is 3.75. The zero-order chi connectivity index (χ0) is 16.9. The molecule has 0 saturated heterocycles. The lowest BCUT2D eigenvalue weighted by Gasteiger charge is -2.02. The first kappa shape index (κ1) is 16.1. The normalized spacial score (nSPS) is 10.7. The van der Waals surface area contributed by atoms with Gasteiger partial charge in [-0.25, -0.2) is 4.98 Å². The molecule has 3 rings (SSSR count). The maximum absolute atomic E-state index is 12.0. The molecule has 0 aliphatic heterocycles. The first-order chi connectivity index (χ1) is 11.6. The summed E-state index contributed by atoms with van der Waals surface area (Å²) in [5, 5.41) is 13.7. The summed E-state index contributed by atoms with van der Waals surface area (Å²) in [4.78, 5) is 26.7. The number of thiazole rings is 1. The summed E-state index contributed by atoms with van der Waals surface area (Å²) in [7, 11) is 0. The topological polar surface area (TPSA) is 78.0 Å². The fourth-order valence-corrected chi connectivity index (χ4v) is 3.18. The summed E-state index contributed by atoms with van der Waals surface area (Å²) in [6.45, 7) is 0.238. The van der Waals surface area contributed by atoms with Gasteiger partial charge in [-0.3, -0.25) is 14.9 Å². The van der Waals surface area contributed by atoms with Gasteiger partial charge < -0.3 is 4.57 Å². The average Bonchev–Trinajstić information content (AvgIpc) is 3.03. The highest BCUT2D eigenvalue weighted by molar-refractivity contribution is 7.09. The van der Waals surface area contributed by atoms with Crippen LogP contribution < -0.4 is 5.56 Å². The average molecular weight is 341 g/mol. The molecule has 24 heavy (non-hydrogen) atoms. The molecule has 0 amide bonds. The van der Waals surface area contributed by atoms with Crippen LogP contribution in [-0.4, -0.2) is 14.5 Å². The fraction of sp³-hybridized carbons (Fsp3) is 0.176. The van der Waals surface area contributed by atoms with Crippen LogP contribution in [0.15, 0.2) is 58.8 Å². The van der Waals surface area contributed by atoms with Crippen molar-refractivity contribution in [3.05, 3.63) is 90.8 Å². The van der Waals surface area contributed by atoms with Crippen molar-refractivity contribution in [1.82, 2.24) is 9.55 Å². The molecule has 0 saturated carbocycles. The van der Waals surface area contributed by atoms with Gasteiger partial charge >= 0.3 is 11.2 Å². The van der Waals surface area contributed by atoms with Crippen LogP contribution in [0.3, 0.4) is 0 Å². The molecule has 122 valence electrons. The van der Waals surface area contributed by atoms with Gasteiger partial charge in [0, 0.05) is 24.1 Å². The van der Waals surface area contributed by atoms with Gasteiger partial charge in [-0.2, -0.15) is 0 Å². The molecule has 1 aromatic carbocycles. The predicted octanol–water partition coefficient (Wildman–Crippen LogP) is 3.05. The van der Waals surface area contributed by atoms with E-state index in [2.05, 4.69) is 17.1 Å². The molecule has 6 nitrogen and oxygen atoms in total. The lowest BCUT2D eigenvalue weighted by Crippen LogP contribution is -2.22. The summed E-state index contributed by atoms with van der Waals surface area (Å²) in [6.07, 6.45) is 3.28. The van der Waals surface area contributed by atoms with Crippen molar-refractivity contribution in [3.8, 4) is 0 Å². The third-order valence-corrected chi connectivity index (χ3v) is 4.56. The fourth-order valence-electron chi connectivity index (χ4n) is 2.39. The molecule has 0 fully saturated rings. The second-order valence-corrected chi connectivity index (χ2v) is 6.24.